The second-order valence-electron chi connectivity index (χ2n) is 3.17. The van der Waals surface area contributed by atoms with Crippen LogP contribution >= 0.6 is 11.3 Å². The van der Waals surface area contributed by atoms with Crippen LogP contribution in [0.3, 0.4) is 0 Å². The summed E-state index contributed by atoms with van der Waals surface area (Å²) in [6.45, 7) is 0. The SMILES string of the molecule is N#Cc1nc2ccc3nc[nH]c(=O)c3c2s1. The van der Waals surface area contributed by atoms with E-state index >= 15 is 0 Å². The zero-order valence-electron chi connectivity index (χ0n) is 7.89. The van der Waals surface area contributed by atoms with E-state index in [4.69, 9.17) is 5.26 Å². The molecule has 16 heavy (non-hydrogen) atoms. The van der Waals surface area contributed by atoms with E-state index in [2.05, 4.69) is 15.0 Å². The van der Waals surface area contributed by atoms with Gasteiger partial charge in [-0.2, -0.15) is 5.26 Å². The first kappa shape index (κ1) is 9.00. The molecule has 3 aromatic rings. The van der Waals surface area contributed by atoms with Gasteiger partial charge < -0.3 is 4.98 Å². The van der Waals surface area contributed by atoms with Crippen molar-refractivity contribution in [2.75, 3.05) is 0 Å². The van der Waals surface area contributed by atoms with E-state index in [1.807, 2.05) is 6.07 Å². The van der Waals surface area contributed by atoms with Crippen molar-refractivity contribution in [1.29, 1.82) is 5.26 Å². The molecule has 5 nitrogen and oxygen atoms in total. The lowest BCUT2D eigenvalue weighted by Crippen LogP contribution is -2.05. The number of aromatic amines is 1. The minimum absolute atomic E-state index is 0.205. The fraction of sp³-hybridized carbons (Fsp3) is 0. The fourth-order valence-corrected chi connectivity index (χ4v) is 2.49. The van der Waals surface area contributed by atoms with Crippen LogP contribution < -0.4 is 5.56 Å². The molecule has 3 rings (SSSR count). The number of aromatic nitrogens is 3. The maximum absolute atomic E-state index is 11.7. The summed E-state index contributed by atoms with van der Waals surface area (Å²) in [5, 5.41) is 9.63. The molecule has 0 bridgehead atoms. The summed E-state index contributed by atoms with van der Waals surface area (Å²) in [6, 6.07) is 5.47. The third-order valence-electron chi connectivity index (χ3n) is 2.26. The molecule has 0 spiro atoms. The van der Waals surface area contributed by atoms with Crippen molar-refractivity contribution >= 4 is 32.5 Å². The fourth-order valence-electron chi connectivity index (χ4n) is 1.59. The van der Waals surface area contributed by atoms with Gasteiger partial charge in [0.25, 0.3) is 5.56 Å². The first-order valence-electron chi connectivity index (χ1n) is 4.46. The lowest BCUT2D eigenvalue weighted by molar-refractivity contribution is 1.18. The molecule has 0 aliphatic heterocycles. The highest BCUT2D eigenvalue weighted by atomic mass is 32.1. The van der Waals surface area contributed by atoms with E-state index in [1.165, 1.54) is 17.7 Å². The van der Waals surface area contributed by atoms with Crippen LogP contribution in [0.5, 0.6) is 0 Å². The number of thiazole rings is 1. The normalized spacial score (nSPS) is 10.7. The highest BCUT2D eigenvalue weighted by Crippen LogP contribution is 2.26. The summed E-state index contributed by atoms with van der Waals surface area (Å²) in [4.78, 5) is 22.4. The molecule has 76 valence electrons. The van der Waals surface area contributed by atoms with Crippen LogP contribution in [0.15, 0.2) is 23.3 Å². The summed E-state index contributed by atoms with van der Waals surface area (Å²) >= 11 is 1.21. The Morgan fingerprint density at radius 2 is 2.19 bits per heavy atom. The maximum Gasteiger partial charge on any atom is 0.260 e. The molecular weight excluding hydrogens is 224 g/mol. The van der Waals surface area contributed by atoms with Gasteiger partial charge in [0.15, 0.2) is 5.01 Å². The Bertz CT molecular complexity index is 796. The molecule has 0 amide bonds. The van der Waals surface area contributed by atoms with Gasteiger partial charge in [-0.3, -0.25) is 4.79 Å². The zero-order valence-corrected chi connectivity index (χ0v) is 8.71. The monoisotopic (exact) mass is 228 g/mol. The van der Waals surface area contributed by atoms with Crippen LogP contribution in [0, 0.1) is 11.3 Å². The number of fused-ring (bicyclic) bond motifs is 3. The van der Waals surface area contributed by atoms with Gasteiger partial charge >= 0.3 is 0 Å². The van der Waals surface area contributed by atoms with E-state index in [0.717, 1.165) is 0 Å². The Morgan fingerprint density at radius 1 is 1.38 bits per heavy atom. The van der Waals surface area contributed by atoms with Crippen LogP contribution in [-0.4, -0.2) is 15.0 Å². The van der Waals surface area contributed by atoms with Crippen molar-refractivity contribution in [3.05, 3.63) is 33.8 Å². The standard InChI is InChI=1S/C10H4N4OS/c11-3-7-14-6-2-1-5-8(9(6)16-7)10(15)13-4-12-5/h1-2,4H,(H,12,13,15). The van der Waals surface area contributed by atoms with Crippen LogP contribution in [-0.2, 0) is 0 Å². The molecular formula is C10H4N4OS. The highest BCUT2D eigenvalue weighted by molar-refractivity contribution is 7.20. The Kier molecular flexibility index (Phi) is 1.75. The molecule has 0 aliphatic rings. The van der Waals surface area contributed by atoms with Gasteiger partial charge in [-0.25, -0.2) is 9.97 Å². The third-order valence-corrected chi connectivity index (χ3v) is 3.25. The molecule has 6 heteroatoms. The van der Waals surface area contributed by atoms with Gasteiger partial charge in [0.1, 0.15) is 6.07 Å². The van der Waals surface area contributed by atoms with Gasteiger partial charge in [0.05, 0.1) is 27.4 Å². The van der Waals surface area contributed by atoms with E-state index < -0.39 is 0 Å². The largest absolute Gasteiger partial charge is 0.313 e. The molecule has 0 fully saturated rings. The number of rotatable bonds is 0. The average Bonchev–Trinajstić information content (AvgIpc) is 2.72. The molecule has 0 aliphatic carbocycles. The topological polar surface area (TPSA) is 82.4 Å². The Hall–Kier alpha value is -2.26. The van der Waals surface area contributed by atoms with Gasteiger partial charge in [0, 0.05) is 0 Å². The van der Waals surface area contributed by atoms with Crippen LogP contribution in [0.25, 0.3) is 21.1 Å². The van der Waals surface area contributed by atoms with Gasteiger partial charge in [0.2, 0.25) is 0 Å². The third kappa shape index (κ3) is 1.12. The molecule has 0 atom stereocenters. The summed E-state index contributed by atoms with van der Waals surface area (Å²) < 4.78 is 0.711. The van der Waals surface area contributed by atoms with Crippen LogP contribution in [0.4, 0.5) is 0 Å². The Morgan fingerprint density at radius 3 is 3.00 bits per heavy atom. The molecule has 0 saturated heterocycles. The van der Waals surface area contributed by atoms with Crippen LogP contribution in [0.1, 0.15) is 5.01 Å². The summed E-state index contributed by atoms with van der Waals surface area (Å²) in [5.41, 5.74) is 1.07. The first-order valence-corrected chi connectivity index (χ1v) is 5.28. The van der Waals surface area contributed by atoms with Gasteiger partial charge in [-0.05, 0) is 12.1 Å². The molecule has 0 radical (unpaired) electrons. The number of nitriles is 1. The molecule has 2 heterocycles. The second-order valence-corrected chi connectivity index (χ2v) is 4.17. The summed E-state index contributed by atoms with van der Waals surface area (Å²) in [6.07, 6.45) is 1.36. The van der Waals surface area contributed by atoms with E-state index in [9.17, 15) is 4.79 Å². The van der Waals surface area contributed by atoms with Crippen molar-refractivity contribution < 1.29 is 0 Å². The van der Waals surface area contributed by atoms with Crippen molar-refractivity contribution in [3.63, 3.8) is 0 Å². The van der Waals surface area contributed by atoms with Crippen molar-refractivity contribution in [1.82, 2.24) is 15.0 Å². The van der Waals surface area contributed by atoms with E-state index in [0.29, 0.717) is 26.1 Å². The minimum atomic E-state index is -0.205. The number of hydrogen-bond acceptors (Lipinski definition) is 5. The minimum Gasteiger partial charge on any atom is -0.313 e. The molecule has 0 unspecified atom stereocenters. The Labute approximate surface area is 93.0 Å². The summed E-state index contributed by atoms with van der Waals surface area (Å²) in [7, 11) is 0. The smallest absolute Gasteiger partial charge is 0.260 e. The number of benzene rings is 1. The van der Waals surface area contributed by atoms with E-state index in [-0.39, 0.29) is 5.56 Å². The molecule has 2 aromatic heterocycles. The number of hydrogen-bond donors (Lipinski definition) is 1. The van der Waals surface area contributed by atoms with E-state index in [1.54, 1.807) is 12.1 Å². The predicted molar refractivity (Wildman–Crippen MR) is 60.3 cm³/mol. The Balaban J connectivity index is 2.63. The number of nitrogens with zero attached hydrogens (tertiary/aromatic N) is 3. The average molecular weight is 228 g/mol. The number of H-pyrrole nitrogens is 1. The second kappa shape index (κ2) is 3.12. The highest BCUT2D eigenvalue weighted by Gasteiger charge is 2.10. The summed E-state index contributed by atoms with van der Waals surface area (Å²) in [5.74, 6) is 0. The quantitative estimate of drug-likeness (QED) is 0.630. The lowest BCUT2D eigenvalue weighted by Gasteiger charge is -1.94. The van der Waals surface area contributed by atoms with Crippen molar-refractivity contribution in [2.45, 2.75) is 0 Å². The maximum atomic E-state index is 11.7. The lowest BCUT2D eigenvalue weighted by atomic mass is 10.2. The van der Waals surface area contributed by atoms with Crippen LogP contribution in [0.2, 0.25) is 0 Å². The first-order chi connectivity index (χ1) is 7.79. The number of nitrogens with one attached hydrogen (secondary N) is 1. The molecule has 1 N–H and O–H groups in total. The zero-order chi connectivity index (χ0) is 11.1. The predicted octanol–water partition coefficient (Wildman–Crippen LogP) is 1.40. The van der Waals surface area contributed by atoms with Gasteiger partial charge in [-0.1, -0.05) is 0 Å². The van der Waals surface area contributed by atoms with Crippen molar-refractivity contribution in [2.24, 2.45) is 0 Å². The van der Waals surface area contributed by atoms with Crippen molar-refractivity contribution in [3.8, 4) is 6.07 Å². The molecule has 0 saturated carbocycles. The molecule has 1 aromatic carbocycles. The van der Waals surface area contributed by atoms with Gasteiger partial charge in [-0.15, -0.1) is 11.3 Å².